The van der Waals surface area contributed by atoms with Gasteiger partial charge in [-0.05, 0) is 60.2 Å². The molecule has 2 amide bonds. The third-order valence-corrected chi connectivity index (χ3v) is 4.53. The average Bonchev–Trinajstić information content (AvgIpc) is 3.09. The fourth-order valence-electron chi connectivity index (χ4n) is 3.16. The number of fused-ring (bicyclic) bond motifs is 1. The van der Waals surface area contributed by atoms with Gasteiger partial charge in [0.2, 0.25) is 0 Å². The Labute approximate surface area is 151 Å². The van der Waals surface area contributed by atoms with Crippen molar-refractivity contribution in [1.82, 2.24) is 4.90 Å². The third-order valence-electron chi connectivity index (χ3n) is 4.53. The molecule has 0 aromatic heterocycles. The van der Waals surface area contributed by atoms with Gasteiger partial charge in [-0.25, -0.2) is 4.39 Å². The Kier molecular flexibility index (Phi) is 5.21. The number of hydrogen-bond acceptors (Lipinski definition) is 3. The Balaban J connectivity index is 1.62. The maximum Gasteiger partial charge on any atom is 0.313 e. The van der Waals surface area contributed by atoms with Crippen molar-refractivity contribution in [3.63, 3.8) is 0 Å². The number of amides is 2. The van der Waals surface area contributed by atoms with Crippen LogP contribution in [0.4, 0.5) is 10.1 Å². The van der Waals surface area contributed by atoms with Gasteiger partial charge in [-0.3, -0.25) is 9.59 Å². The molecule has 0 fully saturated rings. The number of anilines is 1. The molecule has 2 aromatic rings. The first-order chi connectivity index (χ1) is 12.5. The van der Waals surface area contributed by atoms with Crippen molar-refractivity contribution in [1.29, 1.82) is 0 Å². The van der Waals surface area contributed by atoms with Crippen molar-refractivity contribution >= 4 is 17.5 Å². The summed E-state index contributed by atoms with van der Waals surface area (Å²) in [4.78, 5) is 25.8. The number of likely N-dealkylation sites (N-methyl/N-ethyl adjacent to an activating group) is 1. The number of carbonyl (C=O) groups is 2. The van der Waals surface area contributed by atoms with Crippen LogP contribution in [-0.2, 0) is 29.0 Å². The van der Waals surface area contributed by atoms with Gasteiger partial charge in [-0.1, -0.05) is 12.1 Å². The molecule has 6 heteroatoms. The van der Waals surface area contributed by atoms with E-state index in [1.807, 2.05) is 18.2 Å². The van der Waals surface area contributed by atoms with Crippen LogP contribution < -0.4 is 10.1 Å². The minimum Gasteiger partial charge on any atom is -0.494 e. The minimum absolute atomic E-state index is 0.122. The molecule has 0 radical (unpaired) electrons. The molecular formula is C20H21FN2O3. The molecule has 0 saturated heterocycles. The van der Waals surface area contributed by atoms with E-state index in [-0.39, 0.29) is 12.3 Å². The van der Waals surface area contributed by atoms with E-state index in [1.54, 1.807) is 6.07 Å². The molecule has 0 unspecified atom stereocenters. The summed E-state index contributed by atoms with van der Waals surface area (Å²) in [5, 5.41) is 2.64. The van der Waals surface area contributed by atoms with Crippen LogP contribution >= 0.6 is 0 Å². The first kappa shape index (κ1) is 17.9. The fraction of sp³-hybridized carbons (Fsp3) is 0.300. The Bertz CT molecular complexity index is 851. The lowest BCUT2D eigenvalue weighted by Gasteiger charge is -2.17. The van der Waals surface area contributed by atoms with E-state index in [2.05, 4.69) is 5.32 Å². The van der Waals surface area contributed by atoms with Crippen LogP contribution in [0.15, 0.2) is 36.4 Å². The molecule has 3 rings (SSSR count). The van der Waals surface area contributed by atoms with Crippen molar-refractivity contribution in [2.45, 2.75) is 25.8 Å². The predicted octanol–water partition coefficient (Wildman–Crippen LogP) is 2.92. The highest BCUT2D eigenvalue weighted by Crippen LogP contribution is 2.25. The Hall–Kier alpha value is -2.89. The summed E-state index contributed by atoms with van der Waals surface area (Å²) in [6, 6.07) is 10.2. The first-order valence-corrected chi connectivity index (χ1v) is 8.48. The zero-order valence-corrected chi connectivity index (χ0v) is 14.8. The zero-order chi connectivity index (χ0) is 18.7. The van der Waals surface area contributed by atoms with Crippen LogP contribution in [0.1, 0.15) is 23.1 Å². The van der Waals surface area contributed by atoms with Crippen LogP contribution in [-0.4, -0.2) is 30.9 Å². The van der Waals surface area contributed by atoms with Crippen LogP contribution in [0.25, 0.3) is 0 Å². The molecule has 1 aliphatic carbocycles. The largest absolute Gasteiger partial charge is 0.494 e. The maximum absolute atomic E-state index is 13.7. The number of nitrogens with zero attached hydrogens (tertiary/aromatic N) is 1. The molecule has 0 heterocycles. The smallest absolute Gasteiger partial charge is 0.313 e. The monoisotopic (exact) mass is 356 g/mol. The molecule has 5 nitrogen and oxygen atoms in total. The molecule has 0 bridgehead atoms. The molecule has 2 aromatic carbocycles. The zero-order valence-electron chi connectivity index (χ0n) is 14.8. The lowest BCUT2D eigenvalue weighted by Crippen LogP contribution is -2.36. The summed E-state index contributed by atoms with van der Waals surface area (Å²) < 4.78 is 18.6. The van der Waals surface area contributed by atoms with E-state index in [4.69, 9.17) is 4.74 Å². The van der Waals surface area contributed by atoms with Gasteiger partial charge in [-0.15, -0.1) is 0 Å². The minimum atomic E-state index is -0.709. The van der Waals surface area contributed by atoms with E-state index in [9.17, 15) is 14.0 Å². The highest BCUT2D eigenvalue weighted by Gasteiger charge is 2.20. The highest BCUT2D eigenvalue weighted by molar-refractivity contribution is 6.39. The second-order valence-electron chi connectivity index (χ2n) is 6.42. The predicted molar refractivity (Wildman–Crippen MR) is 96.5 cm³/mol. The molecule has 0 aliphatic heterocycles. The number of aryl methyl sites for hydroxylation is 2. The quantitative estimate of drug-likeness (QED) is 0.857. The number of benzene rings is 2. The van der Waals surface area contributed by atoms with E-state index in [0.29, 0.717) is 11.3 Å². The Morgan fingerprint density at radius 1 is 1.15 bits per heavy atom. The number of carbonyl (C=O) groups excluding carboxylic acids is 2. The third kappa shape index (κ3) is 3.85. The second-order valence-corrected chi connectivity index (χ2v) is 6.42. The number of nitrogens with one attached hydrogen (secondary N) is 1. The second kappa shape index (κ2) is 7.56. The van der Waals surface area contributed by atoms with Crippen molar-refractivity contribution in [2.24, 2.45) is 0 Å². The van der Waals surface area contributed by atoms with Gasteiger partial charge in [0.25, 0.3) is 0 Å². The summed E-state index contributed by atoms with van der Waals surface area (Å²) in [5.41, 5.74) is 3.71. The Morgan fingerprint density at radius 3 is 2.65 bits per heavy atom. The summed E-state index contributed by atoms with van der Waals surface area (Å²) in [6.45, 7) is 0.122. The summed E-state index contributed by atoms with van der Waals surface area (Å²) in [6.07, 6.45) is 3.17. The topological polar surface area (TPSA) is 58.6 Å². The van der Waals surface area contributed by atoms with Gasteiger partial charge in [0.1, 0.15) is 0 Å². The molecule has 136 valence electrons. The van der Waals surface area contributed by atoms with Crippen molar-refractivity contribution < 1.29 is 18.7 Å². The molecule has 0 spiro atoms. The maximum atomic E-state index is 13.7. The van der Waals surface area contributed by atoms with Gasteiger partial charge in [0.05, 0.1) is 7.11 Å². The number of hydrogen-bond donors (Lipinski definition) is 1. The lowest BCUT2D eigenvalue weighted by atomic mass is 10.1. The highest BCUT2D eigenvalue weighted by atomic mass is 19.1. The van der Waals surface area contributed by atoms with E-state index in [1.165, 1.54) is 42.3 Å². The standard InChI is InChI=1S/C20H21FN2O3/c1-23(12-13-6-9-18(26-2)17(21)10-13)20(25)19(24)22-16-8-7-14-4-3-5-15(14)11-16/h6-11H,3-5,12H2,1-2H3,(H,22,24). The van der Waals surface area contributed by atoms with E-state index >= 15 is 0 Å². The van der Waals surface area contributed by atoms with Crippen LogP contribution in [0.3, 0.4) is 0 Å². The average molecular weight is 356 g/mol. The fourth-order valence-corrected chi connectivity index (χ4v) is 3.16. The summed E-state index contributed by atoms with van der Waals surface area (Å²) >= 11 is 0. The normalized spacial score (nSPS) is 12.4. The molecular weight excluding hydrogens is 335 g/mol. The van der Waals surface area contributed by atoms with Gasteiger partial charge >= 0.3 is 11.8 Å². The van der Waals surface area contributed by atoms with Crippen LogP contribution in [0.2, 0.25) is 0 Å². The van der Waals surface area contributed by atoms with Gasteiger partial charge in [0, 0.05) is 19.3 Å². The van der Waals surface area contributed by atoms with Gasteiger partial charge in [0.15, 0.2) is 11.6 Å². The molecule has 26 heavy (non-hydrogen) atoms. The van der Waals surface area contributed by atoms with Crippen molar-refractivity contribution in [2.75, 3.05) is 19.5 Å². The van der Waals surface area contributed by atoms with E-state index < -0.39 is 17.6 Å². The summed E-state index contributed by atoms with van der Waals surface area (Å²) in [5.74, 6) is -1.76. The number of ether oxygens (including phenoxy) is 1. The number of methoxy groups -OCH3 is 1. The SMILES string of the molecule is COc1ccc(CN(C)C(=O)C(=O)Nc2ccc3c(c2)CCC3)cc1F. The lowest BCUT2D eigenvalue weighted by molar-refractivity contribution is -0.142. The van der Waals surface area contributed by atoms with Gasteiger partial charge < -0.3 is 15.0 Å². The Morgan fingerprint density at radius 2 is 1.92 bits per heavy atom. The summed E-state index contributed by atoms with van der Waals surface area (Å²) in [7, 11) is 2.89. The number of rotatable bonds is 4. The van der Waals surface area contributed by atoms with Crippen molar-refractivity contribution in [3.05, 3.63) is 58.9 Å². The molecule has 1 N–H and O–H groups in total. The molecule has 1 aliphatic rings. The van der Waals surface area contributed by atoms with Crippen LogP contribution in [0.5, 0.6) is 5.75 Å². The van der Waals surface area contributed by atoms with Crippen LogP contribution in [0, 0.1) is 5.82 Å². The molecule has 0 atom stereocenters. The van der Waals surface area contributed by atoms with E-state index in [0.717, 1.165) is 19.3 Å². The van der Waals surface area contributed by atoms with Gasteiger partial charge in [-0.2, -0.15) is 0 Å². The first-order valence-electron chi connectivity index (χ1n) is 8.48. The number of halogens is 1. The van der Waals surface area contributed by atoms with Crippen molar-refractivity contribution in [3.8, 4) is 5.75 Å². The molecule has 0 saturated carbocycles.